The Kier molecular flexibility index (Phi) is 6.78. The molecule has 2 unspecified atom stereocenters. The Morgan fingerprint density at radius 3 is 2.18 bits per heavy atom. The Morgan fingerprint density at radius 2 is 1.58 bits per heavy atom. The number of carbonyl (C=O) groups is 2. The molecule has 1 aliphatic carbocycles. The molecule has 33 heavy (non-hydrogen) atoms. The number of aliphatic hydroxyl groups excluding tert-OH is 2. The highest BCUT2D eigenvalue weighted by atomic mass is 79.9. The number of hydrogen-bond acceptors (Lipinski definition) is 5. The van der Waals surface area contributed by atoms with Crippen LogP contribution in [0.25, 0.3) is 11.1 Å². The fourth-order valence-corrected chi connectivity index (χ4v) is 4.49. The van der Waals surface area contributed by atoms with E-state index >= 15 is 0 Å². The van der Waals surface area contributed by atoms with Gasteiger partial charge in [-0.25, -0.2) is 9.59 Å². The van der Waals surface area contributed by atoms with Gasteiger partial charge < -0.3 is 25.4 Å². The minimum Gasteiger partial charge on any atom is -0.478 e. The van der Waals surface area contributed by atoms with Gasteiger partial charge in [-0.2, -0.15) is 0 Å². The van der Waals surface area contributed by atoms with Crippen molar-refractivity contribution in [3.05, 3.63) is 93.5 Å². The molecule has 2 atom stereocenters. The molecule has 0 spiro atoms. The number of ether oxygens (including phenoxy) is 1. The number of hydrogen-bond donors (Lipinski definition) is 4. The van der Waals surface area contributed by atoms with Gasteiger partial charge in [-0.15, -0.1) is 0 Å². The van der Waals surface area contributed by atoms with Crippen molar-refractivity contribution in [1.82, 2.24) is 5.32 Å². The van der Waals surface area contributed by atoms with Crippen LogP contribution in [0.1, 0.15) is 39.1 Å². The molecule has 8 heteroatoms. The van der Waals surface area contributed by atoms with Crippen LogP contribution in [0.15, 0.2) is 71.2 Å². The number of nitrogens with one attached hydrogen (secondary N) is 1. The highest BCUT2D eigenvalue weighted by Crippen LogP contribution is 2.44. The zero-order chi connectivity index (χ0) is 23.5. The van der Waals surface area contributed by atoms with E-state index in [1.54, 1.807) is 6.07 Å². The predicted octanol–water partition coefficient (Wildman–Crippen LogP) is 4.08. The molecule has 0 aliphatic heterocycles. The average Bonchev–Trinajstić information content (AvgIpc) is 3.14. The molecule has 0 bridgehead atoms. The molecule has 0 radical (unpaired) electrons. The fourth-order valence-electron chi connectivity index (χ4n) is 4.13. The molecule has 0 aromatic heterocycles. The van der Waals surface area contributed by atoms with Gasteiger partial charge in [0.25, 0.3) is 0 Å². The van der Waals surface area contributed by atoms with Crippen LogP contribution in [0.2, 0.25) is 0 Å². The molecule has 7 nitrogen and oxygen atoms in total. The van der Waals surface area contributed by atoms with Crippen molar-refractivity contribution in [1.29, 1.82) is 0 Å². The third-order valence-electron chi connectivity index (χ3n) is 5.73. The van der Waals surface area contributed by atoms with Gasteiger partial charge >= 0.3 is 12.1 Å². The lowest BCUT2D eigenvalue weighted by molar-refractivity contribution is 0.0175. The number of aromatic carboxylic acids is 1. The maximum Gasteiger partial charge on any atom is 0.407 e. The number of carboxylic acids is 1. The number of aliphatic hydroxyl groups is 2. The summed E-state index contributed by atoms with van der Waals surface area (Å²) in [6.07, 6.45) is -3.67. The van der Waals surface area contributed by atoms with Gasteiger partial charge in [0.15, 0.2) is 0 Å². The zero-order valence-electron chi connectivity index (χ0n) is 17.4. The number of halogens is 1. The Bertz CT molecular complexity index is 1150. The molecule has 4 rings (SSSR count). The highest BCUT2D eigenvalue weighted by Gasteiger charge is 2.29. The van der Waals surface area contributed by atoms with Crippen LogP contribution in [-0.4, -0.2) is 46.6 Å². The molecule has 0 heterocycles. The molecule has 0 saturated heterocycles. The van der Waals surface area contributed by atoms with Gasteiger partial charge in [0, 0.05) is 16.9 Å². The molecule has 1 aliphatic rings. The minimum atomic E-state index is -1.50. The van der Waals surface area contributed by atoms with E-state index in [4.69, 9.17) is 4.74 Å². The van der Waals surface area contributed by atoms with Crippen LogP contribution in [0.3, 0.4) is 0 Å². The SMILES string of the molecule is O=C(NCC(O)C(O)c1ccc(Br)cc1C(=O)O)OCC1c2ccccc2-c2ccccc21. The summed E-state index contributed by atoms with van der Waals surface area (Å²) >= 11 is 3.19. The minimum absolute atomic E-state index is 0.0486. The fraction of sp³-hybridized carbons (Fsp3) is 0.200. The van der Waals surface area contributed by atoms with Crippen LogP contribution >= 0.6 is 15.9 Å². The number of carbonyl (C=O) groups excluding carboxylic acids is 1. The predicted molar refractivity (Wildman–Crippen MR) is 125 cm³/mol. The van der Waals surface area contributed by atoms with E-state index in [2.05, 4.69) is 21.2 Å². The first-order chi connectivity index (χ1) is 15.9. The lowest BCUT2D eigenvalue weighted by Gasteiger charge is -2.20. The third kappa shape index (κ3) is 4.78. The van der Waals surface area contributed by atoms with Gasteiger partial charge in [-0.05, 0) is 39.9 Å². The molecule has 0 saturated carbocycles. The summed E-state index contributed by atoms with van der Waals surface area (Å²) in [5, 5.41) is 32.5. The zero-order valence-corrected chi connectivity index (χ0v) is 19.0. The average molecular weight is 512 g/mol. The second-order valence-corrected chi connectivity index (χ2v) is 8.67. The topological polar surface area (TPSA) is 116 Å². The first-order valence-corrected chi connectivity index (χ1v) is 11.1. The number of amides is 1. The lowest BCUT2D eigenvalue weighted by atomic mass is 9.98. The number of alkyl carbamates (subject to hydrolysis) is 1. The number of benzene rings is 3. The summed E-state index contributed by atoms with van der Waals surface area (Å²) < 4.78 is 5.94. The van der Waals surface area contributed by atoms with Crippen LogP contribution in [0.5, 0.6) is 0 Å². The number of fused-ring (bicyclic) bond motifs is 3. The van der Waals surface area contributed by atoms with Gasteiger partial charge in [-0.3, -0.25) is 0 Å². The lowest BCUT2D eigenvalue weighted by Crippen LogP contribution is -2.36. The summed E-state index contributed by atoms with van der Waals surface area (Å²) in [5.74, 6) is -1.33. The molecular weight excluding hydrogens is 490 g/mol. The van der Waals surface area contributed by atoms with Gasteiger partial charge in [0.1, 0.15) is 18.8 Å². The normalized spacial score (nSPS) is 14.2. The van der Waals surface area contributed by atoms with Gasteiger partial charge in [0.2, 0.25) is 0 Å². The first-order valence-electron chi connectivity index (χ1n) is 10.3. The van der Waals surface area contributed by atoms with Crippen LogP contribution in [-0.2, 0) is 4.74 Å². The smallest absolute Gasteiger partial charge is 0.407 e. The van der Waals surface area contributed by atoms with Crippen molar-refractivity contribution < 1.29 is 29.6 Å². The van der Waals surface area contributed by atoms with E-state index in [9.17, 15) is 24.9 Å². The van der Waals surface area contributed by atoms with Crippen molar-refractivity contribution in [2.24, 2.45) is 0 Å². The second kappa shape index (κ2) is 9.74. The quantitative estimate of drug-likeness (QED) is 0.379. The molecule has 0 fully saturated rings. The number of carboxylic acid groups (broad SMARTS) is 1. The highest BCUT2D eigenvalue weighted by molar-refractivity contribution is 9.10. The first kappa shape index (κ1) is 23.0. The summed E-state index contributed by atoms with van der Waals surface area (Å²) in [6, 6.07) is 20.3. The van der Waals surface area contributed by atoms with Crippen LogP contribution in [0.4, 0.5) is 4.79 Å². The number of rotatable bonds is 7. The molecule has 3 aromatic carbocycles. The molecule has 1 amide bonds. The summed E-state index contributed by atoms with van der Waals surface area (Å²) in [4.78, 5) is 23.7. The van der Waals surface area contributed by atoms with Crippen molar-refractivity contribution in [3.8, 4) is 11.1 Å². The van der Waals surface area contributed by atoms with Crippen LogP contribution < -0.4 is 5.32 Å². The Labute approximate surface area is 198 Å². The summed E-state index contributed by atoms with van der Waals surface area (Å²) in [6.45, 7) is -0.193. The Balaban J connectivity index is 1.36. The molecule has 170 valence electrons. The van der Waals surface area contributed by atoms with E-state index in [1.807, 2.05) is 48.5 Å². The second-order valence-electron chi connectivity index (χ2n) is 7.76. The van der Waals surface area contributed by atoms with Crippen molar-refractivity contribution in [3.63, 3.8) is 0 Å². The largest absolute Gasteiger partial charge is 0.478 e. The van der Waals surface area contributed by atoms with Crippen molar-refractivity contribution in [2.45, 2.75) is 18.1 Å². The molecular formula is C25H22BrNO6. The van der Waals surface area contributed by atoms with Crippen molar-refractivity contribution >= 4 is 28.0 Å². The van der Waals surface area contributed by atoms with Crippen LogP contribution in [0, 0.1) is 0 Å². The Morgan fingerprint density at radius 1 is 0.970 bits per heavy atom. The van der Waals surface area contributed by atoms with Gasteiger partial charge in [0.05, 0.1) is 5.56 Å². The summed E-state index contributed by atoms with van der Waals surface area (Å²) in [7, 11) is 0. The van der Waals surface area contributed by atoms with E-state index in [0.29, 0.717) is 4.47 Å². The van der Waals surface area contributed by atoms with E-state index in [0.717, 1.165) is 22.3 Å². The third-order valence-corrected chi connectivity index (χ3v) is 6.22. The van der Waals surface area contributed by atoms with E-state index < -0.39 is 24.3 Å². The standard InChI is InChI=1S/C25H22BrNO6/c26-14-9-10-19(20(11-14)24(30)31)23(29)22(28)12-27-25(32)33-13-21-17-7-3-1-5-15(17)16-6-2-4-8-18(16)21/h1-11,21-23,28-29H,12-13H2,(H,27,32)(H,30,31). The summed E-state index contributed by atoms with van der Waals surface area (Å²) in [5.41, 5.74) is 4.30. The van der Waals surface area contributed by atoms with E-state index in [-0.39, 0.29) is 30.2 Å². The van der Waals surface area contributed by atoms with Crippen molar-refractivity contribution in [2.75, 3.05) is 13.2 Å². The monoisotopic (exact) mass is 511 g/mol. The maximum atomic E-state index is 12.3. The van der Waals surface area contributed by atoms with Gasteiger partial charge in [-0.1, -0.05) is 70.5 Å². The molecule has 3 aromatic rings. The molecule has 4 N–H and O–H groups in total. The Hall–Kier alpha value is -3.20. The maximum absolute atomic E-state index is 12.3. The van der Waals surface area contributed by atoms with E-state index in [1.165, 1.54) is 12.1 Å².